The van der Waals surface area contributed by atoms with Crippen LogP contribution < -0.4 is 16.0 Å². The van der Waals surface area contributed by atoms with Crippen LogP contribution in [-0.4, -0.2) is 29.1 Å². The van der Waals surface area contributed by atoms with Crippen LogP contribution in [0.4, 0.5) is 21.7 Å². The normalized spacial score (nSPS) is 20.7. The Bertz CT molecular complexity index is 703. The van der Waals surface area contributed by atoms with Crippen molar-refractivity contribution in [3.05, 3.63) is 41.4 Å². The molecule has 0 spiro atoms. The van der Waals surface area contributed by atoms with E-state index in [1.165, 1.54) is 18.5 Å². The number of hydrogen-bond donors (Lipinski definition) is 2. The number of nitrogens with one attached hydrogen (secondary N) is 1. The predicted molar refractivity (Wildman–Crippen MR) is 95.4 cm³/mol. The Morgan fingerprint density at radius 3 is 2.67 bits per heavy atom. The number of benzene rings is 1. The average molecular weight is 350 g/mol. The van der Waals surface area contributed by atoms with Gasteiger partial charge in [-0.3, -0.25) is 0 Å². The number of anilines is 3. The molecule has 0 aliphatic heterocycles. The molecule has 128 valence electrons. The van der Waals surface area contributed by atoms with Crippen molar-refractivity contribution < 1.29 is 4.39 Å². The molecule has 0 radical (unpaired) electrons. The molecule has 3 rings (SSSR count). The van der Waals surface area contributed by atoms with Crippen molar-refractivity contribution in [2.24, 2.45) is 5.73 Å². The number of halogens is 2. The quantitative estimate of drug-likeness (QED) is 0.880. The van der Waals surface area contributed by atoms with Crippen molar-refractivity contribution in [3.63, 3.8) is 0 Å². The SMILES string of the molecule is CN(c1cc(Nc2ccc(F)c(Cl)c2)ncn1)C1CCC(N)CC1. The van der Waals surface area contributed by atoms with Gasteiger partial charge >= 0.3 is 0 Å². The minimum Gasteiger partial charge on any atom is -0.357 e. The predicted octanol–water partition coefficient (Wildman–Crippen LogP) is 3.72. The Morgan fingerprint density at radius 1 is 1.21 bits per heavy atom. The monoisotopic (exact) mass is 349 g/mol. The summed E-state index contributed by atoms with van der Waals surface area (Å²) < 4.78 is 13.2. The molecule has 0 bridgehead atoms. The molecule has 0 unspecified atom stereocenters. The number of hydrogen-bond acceptors (Lipinski definition) is 5. The van der Waals surface area contributed by atoms with Crippen LogP contribution in [0.5, 0.6) is 0 Å². The van der Waals surface area contributed by atoms with Crippen LogP contribution in [0.15, 0.2) is 30.6 Å². The van der Waals surface area contributed by atoms with Crippen molar-refractivity contribution >= 4 is 28.9 Å². The van der Waals surface area contributed by atoms with E-state index < -0.39 is 5.82 Å². The zero-order valence-corrected chi connectivity index (χ0v) is 14.3. The van der Waals surface area contributed by atoms with Gasteiger partial charge in [0.15, 0.2) is 0 Å². The molecule has 3 N–H and O–H groups in total. The smallest absolute Gasteiger partial charge is 0.141 e. The van der Waals surface area contributed by atoms with E-state index >= 15 is 0 Å². The third kappa shape index (κ3) is 3.94. The van der Waals surface area contributed by atoms with E-state index in [0.717, 1.165) is 31.5 Å². The lowest BCUT2D eigenvalue weighted by atomic mass is 9.91. The Hall–Kier alpha value is -1.92. The Kier molecular flexibility index (Phi) is 5.16. The first-order valence-corrected chi connectivity index (χ1v) is 8.43. The summed E-state index contributed by atoms with van der Waals surface area (Å²) in [5.74, 6) is 1.05. The number of nitrogens with zero attached hydrogens (tertiary/aromatic N) is 3. The van der Waals surface area contributed by atoms with Crippen LogP contribution in [0.1, 0.15) is 25.7 Å². The largest absolute Gasteiger partial charge is 0.357 e. The standard InChI is InChI=1S/C17H21ClFN5/c1-24(13-5-2-11(20)3-6-13)17-9-16(21-10-22-17)23-12-4-7-15(19)14(18)8-12/h4,7-11,13H,2-3,5-6,20H2,1H3,(H,21,22,23). The van der Waals surface area contributed by atoms with Gasteiger partial charge in [-0.15, -0.1) is 0 Å². The van der Waals surface area contributed by atoms with E-state index in [1.807, 2.05) is 13.1 Å². The first-order chi connectivity index (χ1) is 11.5. The highest BCUT2D eigenvalue weighted by atomic mass is 35.5. The lowest BCUT2D eigenvalue weighted by Crippen LogP contribution is -2.39. The van der Waals surface area contributed by atoms with E-state index in [2.05, 4.69) is 20.2 Å². The average Bonchev–Trinajstić information content (AvgIpc) is 2.58. The molecule has 1 aliphatic carbocycles. The maximum Gasteiger partial charge on any atom is 0.141 e. The van der Waals surface area contributed by atoms with Crippen molar-refractivity contribution in [2.75, 3.05) is 17.3 Å². The summed E-state index contributed by atoms with van der Waals surface area (Å²) in [5.41, 5.74) is 6.66. The van der Waals surface area contributed by atoms with Crippen LogP contribution >= 0.6 is 11.6 Å². The van der Waals surface area contributed by atoms with Crippen LogP contribution in [0.2, 0.25) is 5.02 Å². The number of rotatable bonds is 4. The van der Waals surface area contributed by atoms with Crippen molar-refractivity contribution in [2.45, 2.75) is 37.8 Å². The molecule has 1 aromatic carbocycles. The summed E-state index contributed by atoms with van der Waals surface area (Å²) in [6, 6.07) is 7.11. The molecule has 0 atom stereocenters. The molecule has 1 aromatic heterocycles. The van der Waals surface area contributed by atoms with Gasteiger partial charge in [0, 0.05) is 30.9 Å². The molecule has 5 nitrogen and oxygen atoms in total. The van der Waals surface area contributed by atoms with Gasteiger partial charge < -0.3 is 16.0 Å². The minimum atomic E-state index is -0.444. The Morgan fingerprint density at radius 2 is 1.96 bits per heavy atom. The lowest BCUT2D eigenvalue weighted by molar-refractivity contribution is 0.384. The summed E-state index contributed by atoms with van der Waals surface area (Å²) in [4.78, 5) is 10.8. The summed E-state index contributed by atoms with van der Waals surface area (Å²) in [6.07, 6.45) is 5.74. The fourth-order valence-corrected chi connectivity index (χ4v) is 3.19. The fraction of sp³-hybridized carbons (Fsp3) is 0.412. The molecule has 1 saturated carbocycles. The van der Waals surface area contributed by atoms with Gasteiger partial charge in [-0.25, -0.2) is 14.4 Å². The second-order valence-electron chi connectivity index (χ2n) is 6.19. The molecule has 7 heteroatoms. The topological polar surface area (TPSA) is 67.1 Å². The van der Waals surface area contributed by atoms with Gasteiger partial charge in [0.1, 0.15) is 23.8 Å². The van der Waals surface area contributed by atoms with Crippen LogP contribution in [0.3, 0.4) is 0 Å². The van der Waals surface area contributed by atoms with E-state index in [0.29, 0.717) is 23.6 Å². The van der Waals surface area contributed by atoms with Gasteiger partial charge in [-0.1, -0.05) is 11.6 Å². The molecule has 1 heterocycles. The van der Waals surface area contributed by atoms with Crippen molar-refractivity contribution in [1.82, 2.24) is 9.97 Å². The second kappa shape index (κ2) is 7.32. The van der Waals surface area contributed by atoms with Gasteiger partial charge in [-0.05, 0) is 43.9 Å². The molecular weight excluding hydrogens is 329 g/mol. The maximum absolute atomic E-state index is 13.2. The summed E-state index contributed by atoms with van der Waals surface area (Å²) in [6.45, 7) is 0. The molecule has 0 amide bonds. The molecule has 24 heavy (non-hydrogen) atoms. The molecular formula is C17H21ClFN5. The lowest BCUT2D eigenvalue weighted by Gasteiger charge is -2.34. The van der Waals surface area contributed by atoms with Gasteiger partial charge in [0.25, 0.3) is 0 Å². The zero-order valence-electron chi connectivity index (χ0n) is 13.5. The first-order valence-electron chi connectivity index (χ1n) is 8.05. The fourth-order valence-electron chi connectivity index (χ4n) is 3.01. The third-order valence-electron chi connectivity index (χ3n) is 4.50. The van der Waals surface area contributed by atoms with E-state index in [4.69, 9.17) is 17.3 Å². The van der Waals surface area contributed by atoms with Crippen LogP contribution in [0.25, 0.3) is 0 Å². The summed E-state index contributed by atoms with van der Waals surface area (Å²) in [5, 5.41) is 3.20. The maximum atomic E-state index is 13.2. The summed E-state index contributed by atoms with van der Waals surface area (Å²) in [7, 11) is 2.04. The summed E-state index contributed by atoms with van der Waals surface area (Å²) >= 11 is 5.81. The van der Waals surface area contributed by atoms with Gasteiger partial charge in [-0.2, -0.15) is 0 Å². The highest BCUT2D eigenvalue weighted by molar-refractivity contribution is 6.31. The van der Waals surface area contributed by atoms with Crippen LogP contribution in [-0.2, 0) is 0 Å². The number of aromatic nitrogens is 2. The van der Waals surface area contributed by atoms with Crippen LogP contribution in [0, 0.1) is 5.82 Å². The molecule has 1 fully saturated rings. The molecule has 0 saturated heterocycles. The van der Waals surface area contributed by atoms with Crippen molar-refractivity contribution in [1.29, 1.82) is 0 Å². The molecule has 2 aromatic rings. The third-order valence-corrected chi connectivity index (χ3v) is 4.78. The second-order valence-corrected chi connectivity index (χ2v) is 6.60. The minimum absolute atomic E-state index is 0.0740. The van der Waals surface area contributed by atoms with Crippen molar-refractivity contribution in [3.8, 4) is 0 Å². The molecule has 1 aliphatic rings. The van der Waals surface area contributed by atoms with E-state index in [-0.39, 0.29) is 5.02 Å². The van der Waals surface area contributed by atoms with E-state index in [1.54, 1.807) is 6.07 Å². The van der Waals surface area contributed by atoms with E-state index in [9.17, 15) is 4.39 Å². The first kappa shape index (κ1) is 16.9. The zero-order chi connectivity index (χ0) is 17.1. The highest BCUT2D eigenvalue weighted by Crippen LogP contribution is 2.27. The van der Waals surface area contributed by atoms with Gasteiger partial charge in [0.2, 0.25) is 0 Å². The van der Waals surface area contributed by atoms with Gasteiger partial charge in [0.05, 0.1) is 5.02 Å². The highest BCUT2D eigenvalue weighted by Gasteiger charge is 2.23. The Labute approximate surface area is 146 Å². The Balaban J connectivity index is 1.72. The number of nitrogens with two attached hydrogens (primary N) is 1.